The van der Waals surface area contributed by atoms with E-state index in [1.165, 1.54) is 6.07 Å². The van der Waals surface area contributed by atoms with E-state index < -0.39 is 0 Å². The molecule has 4 heteroatoms. The zero-order chi connectivity index (χ0) is 15.9. The lowest BCUT2D eigenvalue weighted by Crippen LogP contribution is -2.24. The number of benzene rings is 2. The summed E-state index contributed by atoms with van der Waals surface area (Å²) in [4.78, 5) is 11.7. The highest BCUT2D eigenvalue weighted by atomic mass is 19.1. The summed E-state index contributed by atoms with van der Waals surface area (Å²) >= 11 is 0. The molecule has 2 rings (SSSR count). The van der Waals surface area contributed by atoms with Crippen molar-refractivity contribution in [1.82, 2.24) is 5.32 Å². The fourth-order valence-corrected chi connectivity index (χ4v) is 2.20. The first kappa shape index (κ1) is 16.0. The average Bonchev–Trinajstić information content (AvgIpc) is 2.45. The summed E-state index contributed by atoms with van der Waals surface area (Å²) < 4.78 is 19.0. The van der Waals surface area contributed by atoms with Crippen molar-refractivity contribution in [1.29, 1.82) is 0 Å². The normalized spacial score (nSPS) is 10.3. The molecule has 116 valence electrons. The van der Waals surface area contributed by atoms with Gasteiger partial charge in [-0.3, -0.25) is 4.79 Å². The maximum atomic E-state index is 13.4. The van der Waals surface area contributed by atoms with Gasteiger partial charge in [0.2, 0.25) is 5.91 Å². The highest BCUT2D eigenvalue weighted by Crippen LogP contribution is 2.16. The molecule has 3 nitrogen and oxygen atoms in total. The summed E-state index contributed by atoms with van der Waals surface area (Å²) in [5.74, 6) is 0.293. The predicted molar refractivity (Wildman–Crippen MR) is 84.3 cm³/mol. The van der Waals surface area contributed by atoms with E-state index in [0.29, 0.717) is 12.2 Å². The van der Waals surface area contributed by atoms with Gasteiger partial charge in [0, 0.05) is 12.1 Å². The minimum absolute atomic E-state index is 0.160. The molecular formula is C18H20FNO2. The molecule has 1 N–H and O–H groups in total. The van der Waals surface area contributed by atoms with Crippen molar-refractivity contribution >= 4 is 5.91 Å². The molecular weight excluding hydrogens is 281 g/mol. The SMILES string of the molecule is Cc1cc(C)cc(OCCC(=O)NCc2ccccc2F)c1. The molecule has 2 aromatic rings. The van der Waals surface area contributed by atoms with E-state index in [-0.39, 0.29) is 24.7 Å². The van der Waals surface area contributed by atoms with E-state index in [9.17, 15) is 9.18 Å². The van der Waals surface area contributed by atoms with Crippen LogP contribution in [0.1, 0.15) is 23.1 Å². The molecule has 22 heavy (non-hydrogen) atoms. The first-order valence-corrected chi connectivity index (χ1v) is 7.26. The van der Waals surface area contributed by atoms with E-state index in [1.807, 2.05) is 26.0 Å². The summed E-state index contributed by atoms with van der Waals surface area (Å²) in [7, 11) is 0. The summed E-state index contributed by atoms with van der Waals surface area (Å²) in [5, 5.41) is 2.69. The molecule has 0 atom stereocenters. The van der Waals surface area contributed by atoms with Gasteiger partial charge in [0.15, 0.2) is 0 Å². The molecule has 0 heterocycles. The molecule has 0 aliphatic carbocycles. The van der Waals surface area contributed by atoms with Gasteiger partial charge in [0.1, 0.15) is 11.6 Å². The molecule has 2 aromatic carbocycles. The highest BCUT2D eigenvalue weighted by molar-refractivity contribution is 5.76. The van der Waals surface area contributed by atoms with Crippen molar-refractivity contribution in [3.8, 4) is 5.75 Å². The third kappa shape index (κ3) is 4.88. The maximum Gasteiger partial charge on any atom is 0.223 e. The molecule has 0 aliphatic rings. The van der Waals surface area contributed by atoms with E-state index in [2.05, 4.69) is 11.4 Å². The molecule has 0 saturated heterocycles. The third-order valence-corrected chi connectivity index (χ3v) is 3.23. The van der Waals surface area contributed by atoms with Crippen molar-refractivity contribution in [3.05, 3.63) is 65.0 Å². The summed E-state index contributed by atoms with van der Waals surface area (Å²) in [6, 6.07) is 12.3. The summed E-state index contributed by atoms with van der Waals surface area (Å²) in [6.07, 6.45) is 0.238. The van der Waals surface area contributed by atoms with Crippen LogP contribution in [0.25, 0.3) is 0 Å². The van der Waals surface area contributed by atoms with Gasteiger partial charge in [0.25, 0.3) is 0 Å². The Morgan fingerprint density at radius 1 is 1.14 bits per heavy atom. The molecule has 0 aromatic heterocycles. The van der Waals surface area contributed by atoms with Crippen molar-refractivity contribution < 1.29 is 13.9 Å². The fraction of sp³-hybridized carbons (Fsp3) is 0.278. The van der Waals surface area contributed by atoms with Crippen LogP contribution in [0.5, 0.6) is 5.75 Å². The summed E-state index contributed by atoms with van der Waals surface area (Å²) in [6.45, 7) is 4.49. The number of ether oxygens (including phenoxy) is 1. The van der Waals surface area contributed by atoms with Gasteiger partial charge in [-0.2, -0.15) is 0 Å². The van der Waals surface area contributed by atoms with E-state index in [1.54, 1.807) is 18.2 Å². The van der Waals surface area contributed by atoms with Gasteiger partial charge in [-0.05, 0) is 43.2 Å². The standard InChI is InChI=1S/C18H20FNO2/c1-13-9-14(2)11-16(10-13)22-8-7-18(21)20-12-15-5-3-4-6-17(15)19/h3-6,9-11H,7-8,12H2,1-2H3,(H,20,21). The van der Waals surface area contributed by atoms with E-state index in [0.717, 1.165) is 16.9 Å². The van der Waals surface area contributed by atoms with Gasteiger partial charge in [-0.25, -0.2) is 4.39 Å². The molecule has 0 aliphatic heterocycles. The number of aryl methyl sites for hydroxylation is 2. The second kappa shape index (κ2) is 7.59. The minimum Gasteiger partial charge on any atom is -0.493 e. The topological polar surface area (TPSA) is 38.3 Å². The molecule has 0 radical (unpaired) electrons. The Hall–Kier alpha value is -2.36. The van der Waals surface area contributed by atoms with Crippen LogP contribution in [-0.2, 0) is 11.3 Å². The third-order valence-electron chi connectivity index (χ3n) is 3.23. The number of hydrogen-bond donors (Lipinski definition) is 1. The second-order valence-corrected chi connectivity index (χ2v) is 5.29. The number of halogens is 1. The van der Waals surface area contributed by atoms with Crippen LogP contribution in [-0.4, -0.2) is 12.5 Å². The second-order valence-electron chi connectivity index (χ2n) is 5.29. The van der Waals surface area contributed by atoms with Crippen molar-refractivity contribution in [3.63, 3.8) is 0 Å². The number of carbonyl (C=O) groups is 1. The number of amides is 1. The lowest BCUT2D eigenvalue weighted by Gasteiger charge is -2.09. The van der Waals surface area contributed by atoms with Crippen LogP contribution >= 0.6 is 0 Å². The zero-order valence-electron chi connectivity index (χ0n) is 12.9. The number of hydrogen-bond acceptors (Lipinski definition) is 2. The first-order chi connectivity index (χ1) is 10.5. The van der Waals surface area contributed by atoms with Crippen molar-refractivity contribution in [2.45, 2.75) is 26.8 Å². The van der Waals surface area contributed by atoms with Crippen LogP contribution in [0.3, 0.4) is 0 Å². The van der Waals surface area contributed by atoms with Gasteiger partial charge >= 0.3 is 0 Å². The van der Waals surface area contributed by atoms with Crippen LogP contribution in [0, 0.1) is 19.7 Å². The Labute approximate surface area is 130 Å². The lowest BCUT2D eigenvalue weighted by molar-refractivity contribution is -0.121. The van der Waals surface area contributed by atoms with Crippen molar-refractivity contribution in [2.75, 3.05) is 6.61 Å². The van der Waals surface area contributed by atoms with Gasteiger partial charge in [-0.1, -0.05) is 24.3 Å². The molecule has 0 bridgehead atoms. The maximum absolute atomic E-state index is 13.4. The van der Waals surface area contributed by atoms with Crippen molar-refractivity contribution in [2.24, 2.45) is 0 Å². The van der Waals surface area contributed by atoms with Crippen LogP contribution < -0.4 is 10.1 Å². The Kier molecular flexibility index (Phi) is 5.53. The molecule has 0 unspecified atom stereocenters. The zero-order valence-corrected chi connectivity index (χ0v) is 12.9. The molecule has 0 spiro atoms. The first-order valence-electron chi connectivity index (χ1n) is 7.26. The van der Waals surface area contributed by atoms with E-state index in [4.69, 9.17) is 4.74 Å². The Bertz CT molecular complexity index is 635. The van der Waals surface area contributed by atoms with Gasteiger partial charge in [-0.15, -0.1) is 0 Å². The van der Waals surface area contributed by atoms with Gasteiger partial charge in [0.05, 0.1) is 13.0 Å². The summed E-state index contributed by atoms with van der Waals surface area (Å²) in [5.41, 5.74) is 2.73. The smallest absolute Gasteiger partial charge is 0.223 e. The lowest BCUT2D eigenvalue weighted by atomic mass is 10.1. The molecule has 0 saturated carbocycles. The Morgan fingerprint density at radius 2 is 1.82 bits per heavy atom. The van der Waals surface area contributed by atoms with E-state index >= 15 is 0 Å². The molecule has 0 fully saturated rings. The highest BCUT2D eigenvalue weighted by Gasteiger charge is 2.05. The largest absolute Gasteiger partial charge is 0.493 e. The average molecular weight is 301 g/mol. The quantitative estimate of drug-likeness (QED) is 0.886. The number of rotatable bonds is 6. The van der Waals surface area contributed by atoms with Crippen LogP contribution in [0.4, 0.5) is 4.39 Å². The molecule has 1 amide bonds. The van der Waals surface area contributed by atoms with Gasteiger partial charge < -0.3 is 10.1 Å². The Balaban J connectivity index is 1.75. The fourth-order valence-electron chi connectivity index (χ4n) is 2.20. The minimum atomic E-state index is -0.311. The monoisotopic (exact) mass is 301 g/mol. The predicted octanol–water partition coefficient (Wildman–Crippen LogP) is 3.53. The van der Waals surface area contributed by atoms with Crippen LogP contribution in [0.2, 0.25) is 0 Å². The Morgan fingerprint density at radius 3 is 2.50 bits per heavy atom. The number of carbonyl (C=O) groups excluding carboxylic acids is 1. The van der Waals surface area contributed by atoms with Crippen LogP contribution in [0.15, 0.2) is 42.5 Å². The number of nitrogens with one attached hydrogen (secondary N) is 1.